The van der Waals surface area contributed by atoms with Crippen LogP contribution in [-0.2, 0) is 11.3 Å². The molecule has 1 heterocycles. The lowest BCUT2D eigenvalue weighted by Gasteiger charge is -2.25. The molecular weight excluding hydrogens is 428 g/mol. The van der Waals surface area contributed by atoms with Gasteiger partial charge in [0.15, 0.2) is 0 Å². The lowest BCUT2D eigenvalue weighted by atomic mass is 10.2. The van der Waals surface area contributed by atoms with Gasteiger partial charge in [0, 0.05) is 25.8 Å². The zero-order valence-electron chi connectivity index (χ0n) is 19.3. The normalized spacial score (nSPS) is 12.3. The number of aromatic nitrogens is 2. The first-order valence-electron chi connectivity index (χ1n) is 11.2. The predicted octanol–water partition coefficient (Wildman–Crippen LogP) is 4.86. The van der Waals surface area contributed by atoms with Gasteiger partial charge in [0.05, 0.1) is 29.7 Å². The third-order valence-electron chi connectivity index (χ3n) is 5.12. The fraction of sp³-hybridized carbons (Fsp3) is 0.400. The van der Waals surface area contributed by atoms with Gasteiger partial charge in [0.25, 0.3) is 0 Å². The maximum Gasteiger partial charge on any atom is 0.227 e. The van der Waals surface area contributed by atoms with Crippen molar-refractivity contribution in [2.24, 2.45) is 0 Å². The molecule has 1 aromatic heterocycles. The average Bonchev–Trinajstić information content (AvgIpc) is 3.08. The molecule has 6 nitrogen and oxygen atoms in total. The number of rotatable bonds is 12. The molecule has 0 bridgehead atoms. The monoisotopic (exact) mass is 459 g/mol. The number of aliphatic hydroxyl groups is 1. The Morgan fingerprint density at radius 1 is 1.09 bits per heavy atom. The minimum absolute atomic E-state index is 0.261. The van der Waals surface area contributed by atoms with Crippen molar-refractivity contribution >= 4 is 0 Å². The summed E-state index contributed by atoms with van der Waals surface area (Å²) in [4.78, 5) is 2.11. The van der Waals surface area contributed by atoms with E-state index < -0.39 is 11.9 Å². The molecule has 8 heteroatoms. The van der Waals surface area contributed by atoms with Gasteiger partial charge in [0.1, 0.15) is 17.4 Å². The smallest absolute Gasteiger partial charge is 0.227 e. The highest BCUT2D eigenvalue weighted by molar-refractivity contribution is 5.43. The topological polar surface area (TPSA) is 59.8 Å². The molecule has 0 fully saturated rings. The molecule has 0 aliphatic carbocycles. The van der Waals surface area contributed by atoms with E-state index in [-0.39, 0.29) is 12.4 Å². The van der Waals surface area contributed by atoms with Crippen molar-refractivity contribution in [3.63, 3.8) is 0 Å². The van der Waals surface area contributed by atoms with E-state index in [1.165, 1.54) is 24.3 Å². The van der Waals surface area contributed by atoms with Crippen LogP contribution in [0.15, 0.2) is 48.5 Å². The quantitative estimate of drug-likeness (QED) is 0.419. The Kier molecular flexibility index (Phi) is 8.94. The highest BCUT2D eigenvalue weighted by Gasteiger charge is 2.22. The van der Waals surface area contributed by atoms with E-state index in [9.17, 15) is 13.9 Å². The van der Waals surface area contributed by atoms with E-state index >= 15 is 0 Å². The lowest BCUT2D eigenvalue weighted by Crippen LogP contribution is -2.35. The molecule has 33 heavy (non-hydrogen) atoms. The Morgan fingerprint density at radius 2 is 1.85 bits per heavy atom. The summed E-state index contributed by atoms with van der Waals surface area (Å²) in [5.74, 6) is -0.0128. The summed E-state index contributed by atoms with van der Waals surface area (Å²) >= 11 is 0. The second-order valence-corrected chi connectivity index (χ2v) is 7.87. The van der Waals surface area contributed by atoms with Gasteiger partial charge >= 0.3 is 0 Å². The molecule has 178 valence electrons. The van der Waals surface area contributed by atoms with Crippen molar-refractivity contribution in [1.29, 1.82) is 0 Å². The van der Waals surface area contributed by atoms with Crippen molar-refractivity contribution < 1.29 is 23.4 Å². The SMILES string of the molecule is CCCN(Cc1c(C)nn(-c2ccc(F)cc2)c1Oc1cccc(F)c1)C[C@H](O)COCC. The highest BCUT2D eigenvalue weighted by atomic mass is 19.1. The second kappa shape index (κ2) is 11.9. The van der Waals surface area contributed by atoms with Crippen LogP contribution in [0.25, 0.3) is 5.69 Å². The van der Waals surface area contributed by atoms with Crippen LogP contribution >= 0.6 is 0 Å². The van der Waals surface area contributed by atoms with Crippen LogP contribution in [-0.4, -0.2) is 52.2 Å². The Bertz CT molecular complexity index is 1020. The molecule has 1 atom stereocenters. The predicted molar refractivity (Wildman–Crippen MR) is 123 cm³/mol. The van der Waals surface area contributed by atoms with Gasteiger partial charge in [-0.2, -0.15) is 5.10 Å². The maximum atomic E-state index is 13.8. The van der Waals surface area contributed by atoms with Gasteiger partial charge in [-0.05, 0) is 63.2 Å². The van der Waals surface area contributed by atoms with E-state index in [1.807, 2.05) is 13.8 Å². The molecule has 1 N–H and O–H groups in total. The number of hydrogen-bond donors (Lipinski definition) is 1. The fourth-order valence-corrected chi connectivity index (χ4v) is 3.60. The first kappa shape index (κ1) is 24.8. The molecular formula is C25H31F2N3O3. The number of hydrogen-bond acceptors (Lipinski definition) is 5. The maximum absolute atomic E-state index is 13.8. The molecule has 0 saturated heterocycles. The third-order valence-corrected chi connectivity index (χ3v) is 5.12. The van der Waals surface area contributed by atoms with Crippen LogP contribution in [0.4, 0.5) is 8.78 Å². The number of halogens is 2. The molecule has 0 spiro atoms. The van der Waals surface area contributed by atoms with Gasteiger partial charge in [-0.3, -0.25) is 4.90 Å². The Morgan fingerprint density at radius 3 is 2.52 bits per heavy atom. The third kappa shape index (κ3) is 6.83. The van der Waals surface area contributed by atoms with Crippen molar-refractivity contribution in [2.45, 2.75) is 39.8 Å². The van der Waals surface area contributed by atoms with E-state index in [4.69, 9.17) is 9.47 Å². The number of nitrogens with zero attached hydrogens (tertiary/aromatic N) is 3. The minimum atomic E-state index is -0.628. The minimum Gasteiger partial charge on any atom is -0.438 e. The van der Waals surface area contributed by atoms with Crippen LogP contribution in [0.3, 0.4) is 0 Å². The molecule has 2 aromatic carbocycles. The first-order valence-corrected chi connectivity index (χ1v) is 11.2. The first-order chi connectivity index (χ1) is 15.9. The molecule has 0 unspecified atom stereocenters. The van der Waals surface area contributed by atoms with E-state index in [0.717, 1.165) is 24.2 Å². The van der Waals surface area contributed by atoms with Crippen LogP contribution in [0.1, 0.15) is 31.5 Å². The second-order valence-electron chi connectivity index (χ2n) is 7.87. The van der Waals surface area contributed by atoms with Gasteiger partial charge in [-0.15, -0.1) is 0 Å². The summed E-state index contributed by atoms with van der Waals surface area (Å²) < 4.78 is 40.4. The highest BCUT2D eigenvalue weighted by Crippen LogP contribution is 2.32. The number of aryl methyl sites for hydroxylation is 1. The summed E-state index contributed by atoms with van der Waals surface area (Å²) in [6.45, 7) is 8.28. The van der Waals surface area contributed by atoms with E-state index in [0.29, 0.717) is 37.0 Å². The Labute approximate surface area is 193 Å². The Hall–Kier alpha value is -2.81. The molecule has 3 aromatic rings. The van der Waals surface area contributed by atoms with E-state index in [1.54, 1.807) is 28.9 Å². The van der Waals surface area contributed by atoms with Crippen LogP contribution in [0.2, 0.25) is 0 Å². The zero-order valence-corrected chi connectivity index (χ0v) is 19.3. The van der Waals surface area contributed by atoms with Gasteiger partial charge < -0.3 is 14.6 Å². The summed E-state index contributed by atoms with van der Waals surface area (Å²) in [6.07, 6.45) is 0.267. The summed E-state index contributed by atoms with van der Waals surface area (Å²) in [5.41, 5.74) is 2.15. The van der Waals surface area contributed by atoms with Crippen LogP contribution in [0, 0.1) is 18.6 Å². The molecule has 3 rings (SSSR count). The van der Waals surface area contributed by atoms with Crippen LogP contribution < -0.4 is 4.74 Å². The molecule has 0 saturated carbocycles. The number of ether oxygens (including phenoxy) is 2. The van der Waals surface area contributed by atoms with Gasteiger partial charge in [0.2, 0.25) is 5.88 Å². The summed E-state index contributed by atoms with van der Waals surface area (Å²) in [7, 11) is 0. The van der Waals surface area contributed by atoms with Gasteiger partial charge in [-0.1, -0.05) is 13.0 Å². The van der Waals surface area contributed by atoms with Gasteiger partial charge in [-0.25, -0.2) is 13.5 Å². The van der Waals surface area contributed by atoms with Crippen molar-refractivity contribution in [3.05, 3.63) is 71.4 Å². The number of benzene rings is 2. The van der Waals surface area contributed by atoms with Crippen molar-refractivity contribution in [2.75, 3.05) is 26.3 Å². The molecule has 0 amide bonds. The van der Waals surface area contributed by atoms with E-state index in [2.05, 4.69) is 16.9 Å². The van der Waals surface area contributed by atoms with Crippen molar-refractivity contribution in [3.8, 4) is 17.3 Å². The molecule has 0 radical (unpaired) electrons. The van der Waals surface area contributed by atoms with Crippen LogP contribution in [0.5, 0.6) is 11.6 Å². The molecule has 0 aliphatic heterocycles. The van der Waals surface area contributed by atoms with Crippen molar-refractivity contribution in [1.82, 2.24) is 14.7 Å². The lowest BCUT2D eigenvalue weighted by molar-refractivity contribution is 0.0195. The average molecular weight is 460 g/mol. The zero-order chi connectivity index (χ0) is 23.8. The fourth-order valence-electron chi connectivity index (χ4n) is 3.60. The Balaban J connectivity index is 1.97. The number of aliphatic hydroxyl groups excluding tert-OH is 1. The molecule has 0 aliphatic rings. The summed E-state index contributed by atoms with van der Waals surface area (Å²) in [6, 6.07) is 11.8. The summed E-state index contributed by atoms with van der Waals surface area (Å²) in [5, 5.41) is 15.0. The largest absolute Gasteiger partial charge is 0.438 e. The standard InChI is InChI=1S/C25H31F2N3O3/c1-4-13-29(15-22(31)17-32-5-2)16-24-18(3)28-30(21-11-9-19(26)10-12-21)25(24)33-23-8-6-7-20(27)14-23/h6-12,14,22,31H,4-5,13,15-17H2,1-3H3/t22-/m0/s1.